The maximum Gasteiger partial charge on any atom is 0.256 e. The number of carbonyl (C=O) groups is 2. The minimum absolute atomic E-state index is 0.0678. The highest BCUT2D eigenvalue weighted by molar-refractivity contribution is 7.21. The molecule has 0 bridgehead atoms. The molecule has 0 saturated heterocycles. The maximum absolute atomic E-state index is 13.2. The van der Waals surface area contributed by atoms with Crippen LogP contribution in [0, 0.1) is 11.7 Å². The van der Waals surface area contributed by atoms with Crippen molar-refractivity contribution in [3.8, 4) is 10.6 Å². The van der Waals surface area contributed by atoms with E-state index in [0.717, 1.165) is 11.3 Å². The summed E-state index contributed by atoms with van der Waals surface area (Å²) in [5.74, 6) is -0.691. The van der Waals surface area contributed by atoms with Gasteiger partial charge in [-0.1, -0.05) is 47.7 Å². The summed E-state index contributed by atoms with van der Waals surface area (Å²) >= 11 is 2.71. The van der Waals surface area contributed by atoms with Crippen LogP contribution in [0.1, 0.15) is 28.3 Å². The van der Waals surface area contributed by atoms with Gasteiger partial charge in [0.2, 0.25) is 5.91 Å². The van der Waals surface area contributed by atoms with E-state index in [1.807, 2.05) is 47.8 Å². The highest BCUT2D eigenvalue weighted by Gasteiger charge is 2.44. The number of hydrogen-bond donors (Lipinski definition) is 2. The van der Waals surface area contributed by atoms with Crippen molar-refractivity contribution in [2.24, 2.45) is 5.92 Å². The smallest absolute Gasteiger partial charge is 0.256 e. The monoisotopic (exact) mass is 463 g/mol. The first-order valence-corrected chi connectivity index (χ1v) is 11.8. The van der Waals surface area contributed by atoms with Gasteiger partial charge in [-0.25, -0.2) is 9.37 Å². The zero-order chi connectivity index (χ0) is 22.1. The van der Waals surface area contributed by atoms with Gasteiger partial charge in [0, 0.05) is 11.5 Å². The number of aromatic nitrogens is 1. The van der Waals surface area contributed by atoms with Crippen molar-refractivity contribution in [1.29, 1.82) is 0 Å². The average molecular weight is 464 g/mol. The van der Waals surface area contributed by atoms with E-state index in [4.69, 9.17) is 0 Å². The summed E-state index contributed by atoms with van der Waals surface area (Å²) in [5, 5.41) is 8.67. The highest BCUT2D eigenvalue weighted by Crippen LogP contribution is 2.48. The van der Waals surface area contributed by atoms with Crippen molar-refractivity contribution in [2.45, 2.75) is 12.3 Å². The molecule has 1 aliphatic rings. The van der Waals surface area contributed by atoms with Crippen molar-refractivity contribution in [2.75, 3.05) is 10.6 Å². The number of thiophene rings is 1. The van der Waals surface area contributed by atoms with Crippen LogP contribution in [0.2, 0.25) is 0 Å². The van der Waals surface area contributed by atoms with Crippen LogP contribution in [0.15, 0.2) is 72.1 Å². The van der Waals surface area contributed by atoms with Gasteiger partial charge in [0.25, 0.3) is 5.91 Å². The van der Waals surface area contributed by atoms with Gasteiger partial charge in [0.15, 0.2) is 5.13 Å². The van der Waals surface area contributed by atoms with Crippen molar-refractivity contribution in [3.05, 3.63) is 89.1 Å². The van der Waals surface area contributed by atoms with E-state index >= 15 is 0 Å². The van der Waals surface area contributed by atoms with Crippen molar-refractivity contribution in [1.82, 2.24) is 4.98 Å². The Morgan fingerprint density at radius 2 is 1.75 bits per heavy atom. The van der Waals surface area contributed by atoms with E-state index < -0.39 is 5.82 Å². The van der Waals surface area contributed by atoms with E-state index in [2.05, 4.69) is 15.6 Å². The number of hydrogen-bond acceptors (Lipinski definition) is 5. The van der Waals surface area contributed by atoms with Crippen LogP contribution in [-0.4, -0.2) is 16.8 Å². The Bertz CT molecular complexity index is 1250. The molecule has 2 atom stereocenters. The molecule has 0 spiro atoms. The van der Waals surface area contributed by atoms with Crippen molar-refractivity contribution in [3.63, 3.8) is 0 Å². The fourth-order valence-electron chi connectivity index (χ4n) is 3.57. The van der Waals surface area contributed by atoms with Gasteiger partial charge in [-0.3, -0.25) is 9.59 Å². The molecule has 0 radical (unpaired) electrons. The predicted octanol–water partition coefficient (Wildman–Crippen LogP) is 6.01. The number of benzene rings is 2. The van der Waals surface area contributed by atoms with E-state index in [-0.39, 0.29) is 23.7 Å². The molecule has 8 heteroatoms. The largest absolute Gasteiger partial charge is 0.312 e. The number of nitrogens with zero attached hydrogens (tertiary/aromatic N) is 1. The van der Waals surface area contributed by atoms with Crippen molar-refractivity contribution >= 4 is 44.6 Å². The first-order chi connectivity index (χ1) is 15.6. The Morgan fingerprint density at radius 3 is 2.47 bits per heavy atom. The fourth-order valence-corrected chi connectivity index (χ4v) is 5.23. The van der Waals surface area contributed by atoms with Crippen LogP contribution in [0.5, 0.6) is 0 Å². The SMILES string of the molecule is O=C(Nc1sc(NC(=O)C2CC2c2ccccc2)nc1-c1cccs1)c1ccc(F)cc1. The topological polar surface area (TPSA) is 71.1 Å². The number of amides is 2. The summed E-state index contributed by atoms with van der Waals surface area (Å²) in [5.41, 5.74) is 2.11. The first kappa shape index (κ1) is 20.5. The second-order valence-electron chi connectivity index (χ2n) is 7.48. The summed E-state index contributed by atoms with van der Waals surface area (Å²) in [6.07, 6.45) is 0.813. The second-order valence-corrected chi connectivity index (χ2v) is 9.43. The lowest BCUT2D eigenvalue weighted by Gasteiger charge is -2.04. The van der Waals surface area contributed by atoms with Crippen LogP contribution in [0.3, 0.4) is 0 Å². The molecule has 1 fully saturated rings. The van der Waals surface area contributed by atoms with E-state index in [1.165, 1.54) is 52.5 Å². The number of thiazole rings is 1. The Kier molecular flexibility index (Phi) is 5.55. The summed E-state index contributed by atoms with van der Waals surface area (Å²) in [6.45, 7) is 0. The number of carbonyl (C=O) groups excluding carboxylic acids is 2. The van der Waals surface area contributed by atoms with Gasteiger partial charge in [-0.05, 0) is 53.6 Å². The molecule has 2 heterocycles. The quantitative estimate of drug-likeness (QED) is 0.368. The van der Waals surface area contributed by atoms with Gasteiger partial charge in [-0.2, -0.15) is 0 Å². The van der Waals surface area contributed by atoms with Crippen LogP contribution in [0.25, 0.3) is 10.6 Å². The third kappa shape index (κ3) is 4.32. The molecule has 32 heavy (non-hydrogen) atoms. The molecule has 1 aliphatic carbocycles. The molecule has 2 unspecified atom stereocenters. The first-order valence-electron chi connectivity index (χ1n) is 10.1. The molecule has 2 aromatic carbocycles. The van der Waals surface area contributed by atoms with E-state index in [9.17, 15) is 14.0 Å². The molecular weight excluding hydrogens is 445 g/mol. The van der Waals surface area contributed by atoms with E-state index in [1.54, 1.807) is 0 Å². The van der Waals surface area contributed by atoms with Crippen LogP contribution in [-0.2, 0) is 4.79 Å². The molecule has 1 saturated carbocycles. The standard InChI is InChI=1S/C24H18FN3O2S2/c25-16-10-8-15(9-11-16)21(29)27-23-20(19-7-4-12-31-19)26-24(32-23)28-22(30)18-13-17(18)14-5-2-1-3-6-14/h1-12,17-18H,13H2,(H,27,29)(H,26,28,30). The molecular formula is C24H18FN3O2S2. The number of anilines is 2. The van der Waals surface area contributed by atoms with Gasteiger partial charge in [0.1, 0.15) is 16.5 Å². The van der Waals surface area contributed by atoms with Crippen LogP contribution >= 0.6 is 22.7 Å². The molecule has 2 N–H and O–H groups in total. The average Bonchev–Trinajstić information content (AvgIpc) is 3.24. The van der Waals surface area contributed by atoms with Gasteiger partial charge in [-0.15, -0.1) is 11.3 Å². The lowest BCUT2D eigenvalue weighted by molar-refractivity contribution is -0.117. The molecule has 4 aromatic rings. The predicted molar refractivity (Wildman–Crippen MR) is 126 cm³/mol. The maximum atomic E-state index is 13.2. The molecule has 5 nitrogen and oxygen atoms in total. The molecule has 0 aliphatic heterocycles. The fraction of sp³-hybridized carbons (Fsp3) is 0.125. The number of halogens is 1. The summed E-state index contributed by atoms with van der Waals surface area (Å²) in [4.78, 5) is 30.9. The van der Waals surface area contributed by atoms with Gasteiger partial charge >= 0.3 is 0 Å². The minimum Gasteiger partial charge on any atom is -0.312 e. The zero-order valence-electron chi connectivity index (χ0n) is 16.7. The van der Waals surface area contributed by atoms with Crippen LogP contribution < -0.4 is 10.6 Å². The zero-order valence-corrected chi connectivity index (χ0v) is 18.4. The molecule has 2 aromatic heterocycles. The Labute approximate surface area is 192 Å². The summed E-state index contributed by atoms with van der Waals surface area (Å²) in [6, 6.07) is 19.1. The molecule has 5 rings (SSSR count). The minimum atomic E-state index is -0.405. The third-order valence-electron chi connectivity index (χ3n) is 5.30. The molecule has 2 amide bonds. The van der Waals surface area contributed by atoms with Gasteiger partial charge in [0.05, 0.1) is 4.88 Å². The third-order valence-corrected chi connectivity index (χ3v) is 7.06. The van der Waals surface area contributed by atoms with Crippen molar-refractivity contribution < 1.29 is 14.0 Å². The number of nitrogens with one attached hydrogen (secondary N) is 2. The normalized spacial score (nSPS) is 17.0. The Balaban J connectivity index is 1.34. The summed E-state index contributed by atoms with van der Waals surface area (Å²) < 4.78 is 13.2. The molecule has 160 valence electrons. The van der Waals surface area contributed by atoms with Crippen LogP contribution in [0.4, 0.5) is 14.5 Å². The lowest BCUT2D eigenvalue weighted by atomic mass is 10.1. The summed E-state index contributed by atoms with van der Waals surface area (Å²) in [7, 11) is 0. The second kappa shape index (κ2) is 8.64. The Hall–Kier alpha value is -3.36. The highest BCUT2D eigenvalue weighted by atomic mass is 32.1. The lowest BCUT2D eigenvalue weighted by Crippen LogP contribution is -2.14. The van der Waals surface area contributed by atoms with Gasteiger partial charge < -0.3 is 10.6 Å². The van der Waals surface area contributed by atoms with E-state index in [0.29, 0.717) is 21.4 Å². The number of rotatable bonds is 6. The Morgan fingerprint density at radius 1 is 0.969 bits per heavy atom.